The molecule has 0 radical (unpaired) electrons. The summed E-state index contributed by atoms with van der Waals surface area (Å²) < 4.78 is 1.80. The molecule has 0 aliphatic rings. The molecule has 0 aliphatic carbocycles. The molecule has 3 aromatic rings. The predicted molar refractivity (Wildman–Crippen MR) is 78.5 cm³/mol. The number of nitrogens with one attached hydrogen (secondary N) is 1. The third kappa shape index (κ3) is 2.16. The van der Waals surface area contributed by atoms with Gasteiger partial charge in [-0.05, 0) is 38.6 Å². The average molecular weight is 267 g/mol. The Morgan fingerprint density at radius 3 is 2.70 bits per heavy atom. The lowest BCUT2D eigenvalue weighted by atomic mass is 10.0. The fraction of sp³-hybridized carbons (Fsp3) is 0.267. The molecule has 5 heteroatoms. The summed E-state index contributed by atoms with van der Waals surface area (Å²) in [5, 5.41) is 16.0. The highest BCUT2D eigenvalue weighted by atomic mass is 15.4. The van der Waals surface area contributed by atoms with E-state index in [1.807, 2.05) is 19.2 Å². The van der Waals surface area contributed by atoms with Crippen LogP contribution in [0.3, 0.4) is 0 Å². The third-order valence-electron chi connectivity index (χ3n) is 3.32. The molecular formula is C15H17N5. The van der Waals surface area contributed by atoms with Gasteiger partial charge in [-0.15, -0.1) is 10.2 Å². The molecule has 0 unspecified atom stereocenters. The SMILES string of the molecule is CNCc1nnc2ccc(-c3ccc(C)cc3C)nn12. The van der Waals surface area contributed by atoms with E-state index in [0.717, 1.165) is 22.7 Å². The van der Waals surface area contributed by atoms with Crippen molar-refractivity contribution in [3.63, 3.8) is 0 Å². The molecule has 0 saturated heterocycles. The van der Waals surface area contributed by atoms with Crippen molar-refractivity contribution in [3.05, 3.63) is 47.3 Å². The fourth-order valence-electron chi connectivity index (χ4n) is 2.35. The summed E-state index contributed by atoms with van der Waals surface area (Å²) in [6.45, 7) is 4.84. The predicted octanol–water partition coefficient (Wildman–Crippen LogP) is 2.13. The van der Waals surface area contributed by atoms with Gasteiger partial charge in [-0.25, -0.2) is 0 Å². The van der Waals surface area contributed by atoms with Crippen LogP contribution in [0.2, 0.25) is 0 Å². The molecule has 3 rings (SSSR count). The van der Waals surface area contributed by atoms with Crippen LogP contribution in [0.5, 0.6) is 0 Å². The lowest BCUT2D eigenvalue weighted by Gasteiger charge is -2.07. The number of hydrogen-bond acceptors (Lipinski definition) is 4. The summed E-state index contributed by atoms with van der Waals surface area (Å²) in [4.78, 5) is 0. The Morgan fingerprint density at radius 2 is 1.95 bits per heavy atom. The first-order valence-corrected chi connectivity index (χ1v) is 6.62. The van der Waals surface area contributed by atoms with E-state index in [2.05, 4.69) is 52.7 Å². The molecule has 1 aromatic carbocycles. The Hall–Kier alpha value is -2.27. The normalized spacial score (nSPS) is 11.2. The first kappa shape index (κ1) is 12.7. The van der Waals surface area contributed by atoms with Crippen LogP contribution in [0.4, 0.5) is 0 Å². The summed E-state index contributed by atoms with van der Waals surface area (Å²) in [6, 6.07) is 10.3. The van der Waals surface area contributed by atoms with Gasteiger partial charge in [0.25, 0.3) is 0 Å². The van der Waals surface area contributed by atoms with Crippen molar-refractivity contribution < 1.29 is 0 Å². The van der Waals surface area contributed by atoms with E-state index < -0.39 is 0 Å². The number of aryl methyl sites for hydroxylation is 2. The van der Waals surface area contributed by atoms with E-state index in [1.165, 1.54) is 11.1 Å². The molecule has 2 aromatic heterocycles. The molecule has 0 aliphatic heterocycles. The van der Waals surface area contributed by atoms with Crippen molar-refractivity contribution in [2.75, 3.05) is 7.05 Å². The third-order valence-corrected chi connectivity index (χ3v) is 3.32. The molecule has 1 N–H and O–H groups in total. The van der Waals surface area contributed by atoms with Gasteiger partial charge in [-0.1, -0.05) is 23.8 Å². The van der Waals surface area contributed by atoms with Gasteiger partial charge in [0.15, 0.2) is 11.5 Å². The zero-order valence-electron chi connectivity index (χ0n) is 11.9. The van der Waals surface area contributed by atoms with Crippen LogP contribution >= 0.6 is 0 Å². The molecule has 0 spiro atoms. The Balaban J connectivity index is 2.14. The summed E-state index contributed by atoms with van der Waals surface area (Å²) in [6.07, 6.45) is 0. The van der Waals surface area contributed by atoms with Gasteiger partial charge in [0.05, 0.1) is 12.2 Å². The molecule has 20 heavy (non-hydrogen) atoms. The van der Waals surface area contributed by atoms with E-state index in [4.69, 9.17) is 0 Å². The van der Waals surface area contributed by atoms with E-state index in [-0.39, 0.29) is 0 Å². The number of benzene rings is 1. The molecule has 2 heterocycles. The second kappa shape index (κ2) is 5.02. The molecule has 0 amide bonds. The number of hydrogen-bond donors (Lipinski definition) is 1. The van der Waals surface area contributed by atoms with Crippen LogP contribution in [0.1, 0.15) is 17.0 Å². The van der Waals surface area contributed by atoms with Crippen LogP contribution in [0.15, 0.2) is 30.3 Å². The van der Waals surface area contributed by atoms with Gasteiger partial charge < -0.3 is 5.32 Å². The number of aromatic nitrogens is 4. The topological polar surface area (TPSA) is 55.1 Å². The number of nitrogens with zero attached hydrogens (tertiary/aromatic N) is 4. The van der Waals surface area contributed by atoms with Crippen LogP contribution in [-0.2, 0) is 6.54 Å². The van der Waals surface area contributed by atoms with E-state index in [0.29, 0.717) is 6.54 Å². The van der Waals surface area contributed by atoms with Crippen molar-refractivity contribution >= 4 is 5.65 Å². The molecule has 0 atom stereocenters. The zero-order chi connectivity index (χ0) is 14.1. The highest BCUT2D eigenvalue weighted by molar-refractivity contribution is 5.64. The van der Waals surface area contributed by atoms with Gasteiger partial charge >= 0.3 is 0 Å². The second-order valence-corrected chi connectivity index (χ2v) is 4.95. The lowest BCUT2D eigenvalue weighted by Crippen LogP contribution is -2.10. The zero-order valence-corrected chi connectivity index (χ0v) is 11.9. The van der Waals surface area contributed by atoms with Crippen LogP contribution in [0.25, 0.3) is 16.9 Å². The van der Waals surface area contributed by atoms with Crippen LogP contribution in [0, 0.1) is 13.8 Å². The Labute approximate surface area is 117 Å². The molecule has 0 fully saturated rings. The van der Waals surface area contributed by atoms with Gasteiger partial charge in [0, 0.05) is 5.56 Å². The average Bonchev–Trinajstić information content (AvgIpc) is 2.82. The Kier molecular flexibility index (Phi) is 3.20. The van der Waals surface area contributed by atoms with Crippen LogP contribution in [-0.4, -0.2) is 26.9 Å². The second-order valence-electron chi connectivity index (χ2n) is 4.95. The molecular weight excluding hydrogens is 250 g/mol. The molecule has 102 valence electrons. The minimum absolute atomic E-state index is 0.643. The van der Waals surface area contributed by atoms with Crippen molar-refractivity contribution in [2.45, 2.75) is 20.4 Å². The minimum Gasteiger partial charge on any atom is -0.313 e. The highest BCUT2D eigenvalue weighted by Gasteiger charge is 2.09. The van der Waals surface area contributed by atoms with Gasteiger partial charge in [-0.3, -0.25) is 0 Å². The Bertz CT molecular complexity index is 760. The summed E-state index contributed by atoms with van der Waals surface area (Å²) in [5.74, 6) is 0.814. The van der Waals surface area contributed by atoms with Gasteiger partial charge in [-0.2, -0.15) is 9.61 Å². The van der Waals surface area contributed by atoms with Crippen molar-refractivity contribution in [3.8, 4) is 11.3 Å². The molecule has 0 saturated carbocycles. The minimum atomic E-state index is 0.643. The first-order chi connectivity index (χ1) is 9.69. The summed E-state index contributed by atoms with van der Waals surface area (Å²) in [7, 11) is 1.88. The van der Waals surface area contributed by atoms with Crippen molar-refractivity contribution in [1.82, 2.24) is 25.1 Å². The maximum atomic E-state index is 4.67. The van der Waals surface area contributed by atoms with E-state index >= 15 is 0 Å². The first-order valence-electron chi connectivity index (χ1n) is 6.62. The Morgan fingerprint density at radius 1 is 1.10 bits per heavy atom. The van der Waals surface area contributed by atoms with Crippen molar-refractivity contribution in [2.24, 2.45) is 0 Å². The fourth-order valence-corrected chi connectivity index (χ4v) is 2.35. The largest absolute Gasteiger partial charge is 0.313 e. The van der Waals surface area contributed by atoms with Gasteiger partial charge in [0.2, 0.25) is 0 Å². The quantitative estimate of drug-likeness (QED) is 0.790. The summed E-state index contributed by atoms with van der Waals surface area (Å²) >= 11 is 0. The number of fused-ring (bicyclic) bond motifs is 1. The molecule has 0 bridgehead atoms. The van der Waals surface area contributed by atoms with Gasteiger partial charge in [0.1, 0.15) is 0 Å². The molecule has 5 nitrogen and oxygen atoms in total. The standard InChI is InChI=1S/C15H17N5/c1-10-4-5-12(11(2)8-10)13-6-7-14-17-18-15(9-16-3)20(14)19-13/h4-8,16H,9H2,1-3H3. The summed E-state index contributed by atoms with van der Waals surface area (Å²) in [5.41, 5.74) is 5.32. The van der Waals surface area contributed by atoms with Crippen molar-refractivity contribution in [1.29, 1.82) is 0 Å². The maximum Gasteiger partial charge on any atom is 0.177 e. The van der Waals surface area contributed by atoms with Crippen LogP contribution < -0.4 is 5.32 Å². The number of rotatable bonds is 3. The monoisotopic (exact) mass is 267 g/mol. The van der Waals surface area contributed by atoms with E-state index in [1.54, 1.807) is 4.52 Å². The maximum absolute atomic E-state index is 4.67. The smallest absolute Gasteiger partial charge is 0.177 e. The van der Waals surface area contributed by atoms with E-state index in [9.17, 15) is 0 Å². The highest BCUT2D eigenvalue weighted by Crippen LogP contribution is 2.22. The lowest BCUT2D eigenvalue weighted by molar-refractivity contribution is 0.719.